The summed E-state index contributed by atoms with van der Waals surface area (Å²) in [6.07, 6.45) is -0.574. The first-order chi connectivity index (χ1) is 12.9. The van der Waals surface area contributed by atoms with Crippen LogP contribution in [0, 0.1) is 0 Å². The average Bonchev–Trinajstić information content (AvgIpc) is 2.95. The number of carbonyl (C=O) groups is 1. The standard InChI is InChI=1S/C17H18F3N5O2/c18-11-8-23(9-11)16(26)13-2-1-3-14-22-24(17(27)25(13)14)7-10-4-5-12(15(19)20)21-6-10/h4-6,11,13,15H,1-3,7-9H2/t13-/m0/s1. The van der Waals surface area contributed by atoms with Gasteiger partial charge in [-0.2, -0.15) is 5.10 Å². The number of hydrogen-bond donors (Lipinski definition) is 0. The molecule has 7 nitrogen and oxygen atoms in total. The van der Waals surface area contributed by atoms with Gasteiger partial charge in [-0.15, -0.1) is 0 Å². The summed E-state index contributed by atoms with van der Waals surface area (Å²) in [4.78, 5) is 30.5. The third kappa shape index (κ3) is 3.24. The summed E-state index contributed by atoms with van der Waals surface area (Å²) in [5, 5.41) is 4.30. The van der Waals surface area contributed by atoms with Crippen molar-refractivity contribution in [3.63, 3.8) is 0 Å². The molecule has 0 spiro atoms. The van der Waals surface area contributed by atoms with Gasteiger partial charge in [0, 0.05) is 12.6 Å². The van der Waals surface area contributed by atoms with Gasteiger partial charge in [-0.25, -0.2) is 22.6 Å². The van der Waals surface area contributed by atoms with Crippen molar-refractivity contribution in [3.05, 3.63) is 45.9 Å². The molecule has 2 aliphatic rings. The fraction of sp³-hybridized carbons (Fsp3) is 0.529. The quantitative estimate of drug-likeness (QED) is 0.804. The van der Waals surface area contributed by atoms with Crippen LogP contribution < -0.4 is 5.69 Å². The lowest BCUT2D eigenvalue weighted by Gasteiger charge is -2.37. The number of alkyl halides is 3. The van der Waals surface area contributed by atoms with E-state index in [1.807, 2.05) is 0 Å². The summed E-state index contributed by atoms with van der Waals surface area (Å²) < 4.78 is 40.9. The fourth-order valence-corrected chi connectivity index (χ4v) is 3.52. The lowest BCUT2D eigenvalue weighted by molar-refractivity contribution is -0.142. The number of hydrogen-bond acceptors (Lipinski definition) is 4. The highest BCUT2D eigenvalue weighted by molar-refractivity contribution is 5.81. The van der Waals surface area contributed by atoms with E-state index in [0.717, 1.165) is 0 Å². The Bertz CT molecular complexity index is 902. The number of pyridine rings is 1. The third-order valence-corrected chi connectivity index (χ3v) is 4.97. The first-order valence-electron chi connectivity index (χ1n) is 8.78. The Labute approximate surface area is 152 Å². The number of amides is 1. The zero-order valence-electron chi connectivity index (χ0n) is 14.4. The molecular weight excluding hydrogens is 363 g/mol. The first-order valence-corrected chi connectivity index (χ1v) is 8.78. The van der Waals surface area contributed by atoms with Crippen molar-refractivity contribution >= 4 is 5.91 Å². The van der Waals surface area contributed by atoms with Crippen molar-refractivity contribution in [2.24, 2.45) is 0 Å². The molecule has 0 radical (unpaired) electrons. The lowest BCUT2D eigenvalue weighted by atomic mass is 10.0. The minimum atomic E-state index is -2.65. The van der Waals surface area contributed by atoms with Gasteiger partial charge in [0.25, 0.3) is 6.43 Å². The molecule has 0 bridgehead atoms. The predicted molar refractivity (Wildman–Crippen MR) is 88.2 cm³/mol. The number of aromatic nitrogens is 4. The minimum Gasteiger partial charge on any atom is -0.335 e. The molecule has 1 fully saturated rings. The molecule has 0 aromatic carbocycles. The van der Waals surface area contributed by atoms with Gasteiger partial charge in [0.1, 0.15) is 23.7 Å². The van der Waals surface area contributed by atoms with Crippen LogP contribution in [0.4, 0.5) is 13.2 Å². The summed E-state index contributed by atoms with van der Waals surface area (Å²) in [5.41, 5.74) is -0.206. The normalized spacial score (nSPS) is 19.9. The maximum atomic E-state index is 13.1. The van der Waals surface area contributed by atoms with Crippen molar-refractivity contribution in [2.75, 3.05) is 13.1 Å². The smallest absolute Gasteiger partial charge is 0.335 e. The Kier molecular flexibility index (Phi) is 4.48. The number of rotatable bonds is 4. The molecule has 10 heteroatoms. The Hall–Kier alpha value is -2.65. The molecular formula is C17H18F3N5O2. The van der Waals surface area contributed by atoms with Gasteiger partial charge < -0.3 is 4.90 Å². The van der Waals surface area contributed by atoms with Crippen LogP contribution >= 0.6 is 0 Å². The van der Waals surface area contributed by atoms with Gasteiger partial charge >= 0.3 is 5.69 Å². The number of halogens is 3. The molecule has 0 saturated carbocycles. The molecule has 2 aromatic rings. The van der Waals surface area contributed by atoms with Crippen molar-refractivity contribution in [3.8, 4) is 0 Å². The maximum Gasteiger partial charge on any atom is 0.346 e. The largest absolute Gasteiger partial charge is 0.346 e. The van der Waals surface area contributed by atoms with E-state index < -0.39 is 24.3 Å². The minimum absolute atomic E-state index is 0.0652. The summed E-state index contributed by atoms with van der Waals surface area (Å²) in [6, 6.07) is 2.02. The molecule has 2 aliphatic heterocycles. The summed E-state index contributed by atoms with van der Waals surface area (Å²) in [7, 11) is 0. The monoisotopic (exact) mass is 381 g/mol. The number of likely N-dealkylation sites (tertiary alicyclic amines) is 1. The SMILES string of the molecule is O=C([C@@H]1CCCc2nn(Cc3ccc(C(F)F)nc3)c(=O)n21)N1CC(F)C1. The highest BCUT2D eigenvalue weighted by Crippen LogP contribution is 2.26. The van der Waals surface area contributed by atoms with Crippen LogP contribution in [0.3, 0.4) is 0 Å². The molecule has 27 heavy (non-hydrogen) atoms. The fourth-order valence-electron chi connectivity index (χ4n) is 3.52. The highest BCUT2D eigenvalue weighted by atomic mass is 19.3. The molecule has 0 N–H and O–H groups in total. The van der Waals surface area contributed by atoms with E-state index in [2.05, 4.69) is 10.1 Å². The van der Waals surface area contributed by atoms with Crippen LogP contribution in [-0.2, 0) is 17.8 Å². The van der Waals surface area contributed by atoms with E-state index in [4.69, 9.17) is 0 Å². The molecule has 1 atom stereocenters. The van der Waals surface area contributed by atoms with E-state index in [0.29, 0.717) is 30.7 Å². The Morgan fingerprint density at radius 3 is 2.70 bits per heavy atom. The Morgan fingerprint density at radius 2 is 2.07 bits per heavy atom. The van der Waals surface area contributed by atoms with E-state index in [9.17, 15) is 22.8 Å². The molecule has 4 rings (SSSR count). The van der Waals surface area contributed by atoms with Gasteiger partial charge in [-0.05, 0) is 24.5 Å². The van der Waals surface area contributed by atoms with E-state index in [1.54, 1.807) is 0 Å². The molecule has 4 heterocycles. The van der Waals surface area contributed by atoms with Crippen LogP contribution in [0.25, 0.3) is 0 Å². The molecule has 0 aliphatic carbocycles. The molecule has 144 valence electrons. The van der Waals surface area contributed by atoms with Crippen LogP contribution in [-0.4, -0.2) is 49.4 Å². The number of aryl methyl sites for hydroxylation is 1. The molecule has 0 unspecified atom stereocenters. The van der Waals surface area contributed by atoms with Crippen LogP contribution in [0.5, 0.6) is 0 Å². The number of nitrogens with zero attached hydrogens (tertiary/aromatic N) is 5. The van der Waals surface area contributed by atoms with Gasteiger partial charge in [0.05, 0.1) is 19.6 Å². The zero-order valence-corrected chi connectivity index (χ0v) is 14.4. The summed E-state index contributed by atoms with van der Waals surface area (Å²) >= 11 is 0. The summed E-state index contributed by atoms with van der Waals surface area (Å²) in [5.74, 6) is 0.258. The topological polar surface area (TPSA) is 73.0 Å². The van der Waals surface area contributed by atoms with Crippen LogP contribution in [0.2, 0.25) is 0 Å². The van der Waals surface area contributed by atoms with Gasteiger partial charge in [0.2, 0.25) is 5.91 Å². The third-order valence-electron chi connectivity index (χ3n) is 4.97. The first kappa shape index (κ1) is 17.7. The number of carbonyl (C=O) groups excluding carboxylic acids is 1. The maximum absolute atomic E-state index is 13.1. The molecule has 1 amide bonds. The van der Waals surface area contributed by atoms with Gasteiger partial charge in [-0.1, -0.05) is 6.07 Å². The summed E-state index contributed by atoms with van der Waals surface area (Å²) in [6.45, 7) is 0.206. The zero-order chi connectivity index (χ0) is 19.1. The van der Waals surface area contributed by atoms with Crippen LogP contribution in [0.1, 0.15) is 42.4 Å². The van der Waals surface area contributed by atoms with Crippen molar-refractivity contribution in [1.29, 1.82) is 0 Å². The Morgan fingerprint density at radius 1 is 1.30 bits per heavy atom. The predicted octanol–water partition coefficient (Wildman–Crippen LogP) is 1.48. The lowest BCUT2D eigenvalue weighted by Crippen LogP contribution is -2.54. The van der Waals surface area contributed by atoms with Crippen LogP contribution in [0.15, 0.2) is 23.1 Å². The van der Waals surface area contributed by atoms with Crippen molar-refractivity contribution in [2.45, 2.75) is 44.4 Å². The average molecular weight is 381 g/mol. The second-order valence-electron chi connectivity index (χ2n) is 6.87. The van der Waals surface area contributed by atoms with Gasteiger partial charge in [0.15, 0.2) is 0 Å². The second-order valence-corrected chi connectivity index (χ2v) is 6.87. The molecule has 2 aromatic heterocycles. The Balaban J connectivity index is 1.58. The van der Waals surface area contributed by atoms with Gasteiger partial charge in [-0.3, -0.25) is 14.3 Å². The number of fused-ring (bicyclic) bond motifs is 1. The molecule has 1 saturated heterocycles. The van der Waals surface area contributed by atoms with E-state index in [-0.39, 0.29) is 31.2 Å². The van der Waals surface area contributed by atoms with E-state index >= 15 is 0 Å². The highest BCUT2D eigenvalue weighted by Gasteiger charge is 2.38. The van der Waals surface area contributed by atoms with Crippen molar-refractivity contribution < 1.29 is 18.0 Å². The van der Waals surface area contributed by atoms with E-state index in [1.165, 1.54) is 32.5 Å². The van der Waals surface area contributed by atoms with Crippen molar-refractivity contribution in [1.82, 2.24) is 24.2 Å². The second kappa shape index (κ2) is 6.82.